The predicted octanol–water partition coefficient (Wildman–Crippen LogP) is -1.19. The first-order valence-electron chi connectivity index (χ1n) is 12.6. The van der Waals surface area contributed by atoms with Gasteiger partial charge in [-0.25, -0.2) is 14.2 Å². The highest BCUT2D eigenvalue weighted by molar-refractivity contribution is 7.46. The zero-order valence-corrected chi connectivity index (χ0v) is 22.9. The second-order valence-corrected chi connectivity index (χ2v) is 11.1. The van der Waals surface area contributed by atoms with Crippen molar-refractivity contribution in [2.24, 2.45) is 0 Å². The molecule has 17 nitrogen and oxygen atoms in total. The fraction of sp³-hybridized carbons (Fsp3) is 0.609. The molecule has 2 saturated heterocycles. The Morgan fingerprint density at radius 3 is 2.15 bits per heavy atom. The van der Waals surface area contributed by atoms with Gasteiger partial charge in [0.05, 0.1) is 24.9 Å². The number of aromatic amines is 2. The Kier molecular flexibility index (Phi) is 9.26. The van der Waals surface area contributed by atoms with E-state index in [2.05, 4.69) is 9.97 Å². The third-order valence-electron chi connectivity index (χ3n) is 6.88. The normalized spacial score (nSPS) is 27.1. The molecule has 0 radical (unpaired) electrons. The van der Waals surface area contributed by atoms with Gasteiger partial charge in [-0.1, -0.05) is 0 Å². The van der Waals surface area contributed by atoms with Crippen LogP contribution in [-0.2, 0) is 23.3 Å². The van der Waals surface area contributed by atoms with Crippen LogP contribution in [0.5, 0.6) is 0 Å². The summed E-state index contributed by atoms with van der Waals surface area (Å²) in [7, 11) is -5.00. The van der Waals surface area contributed by atoms with Gasteiger partial charge in [0.15, 0.2) is 0 Å². The van der Waals surface area contributed by atoms with E-state index in [-0.39, 0.29) is 43.4 Å². The van der Waals surface area contributed by atoms with Gasteiger partial charge in [0.25, 0.3) is 11.1 Å². The first-order chi connectivity index (χ1) is 19.3. The summed E-state index contributed by atoms with van der Waals surface area (Å²) in [6.07, 6.45) is -4.98. The SMILES string of the molecule is Cc1cn([C@H]2C[C@H](O)[C@@H](C(CCC#N)OC[C@H]3O[C@@H](n4cc(C)c(=O)[nH]c4=O)C[C@@H]3OP(=O)(O)O)O2)c(=O)[nH]c1=O. The molecule has 41 heavy (non-hydrogen) atoms. The average molecular weight is 599 g/mol. The number of aliphatic hydroxyl groups excluding tert-OH is 1. The van der Waals surface area contributed by atoms with Gasteiger partial charge in [-0.3, -0.25) is 33.2 Å². The number of aromatic nitrogens is 4. The molecule has 2 aromatic rings. The molecule has 0 spiro atoms. The molecule has 4 rings (SSSR count). The molecule has 0 amide bonds. The lowest BCUT2D eigenvalue weighted by Gasteiger charge is -2.28. The van der Waals surface area contributed by atoms with Gasteiger partial charge < -0.3 is 29.1 Å². The molecule has 4 heterocycles. The second-order valence-electron chi connectivity index (χ2n) is 9.88. The zero-order valence-electron chi connectivity index (χ0n) is 22.0. The molecule has 224 valence electrons. The number of hydrogen-bond donors (Lipinski definition) is 5. The number of aliphatic hydroxyl groups is 1. The number of nitriles is 1. The van der Waals surface area contributed by atoms with E-state index < -0.39 is 73.3 Å². The van der Waals surface area contributed by atoms with Gasteiger partial charge in [0.1, 0.15) is 30.8 Å². The molecule has 2 aromatic heterocycles. The van der Waals surface area contributed by atoms with Crippen molar-refractivity contribution >= 4 is 7.82 Å². The van der Waals surface area contributed by atoms with Crippen LogP contribution < -0.4 is 22.5 Å². The van der Waals surface area contributed by atoms with E-state index in [1.807, 2.05) is 6.07 Å². The average Bonchev–Trinajstić information content (AvgIpc) is 3.45. The smallest absolute Gasteiger partial charge is 0.390 e. The van der Waals surface area contributed by atoms with E-state index in [4.69, 9.17) is 24.0 Å². The van der Waals surface area contributed by atoms with Crippen LogP contribution >= 0.6 is 7.82 Å². The maximum atomic E-state index is 12.4. The Bertz CT molecular complexity index is 1590. The van der Waals surface area contributed by atoms with Crippen LogP contribution in [0.1, 0.15) is 49.3 Å². The zero-order chi connectivity index (χ0) is 30.1. The molecular formula is C23H30N5O12P. The number of nitrogens with one attached hydrogen (secondary N) is 2. The predicted molar refractivity (Wildman–Crippen MR) is 137 cm³/mol. The maximum absolute atomic E-state index is 12.4. The molecule has 0 aliphatic carbocycles. The summed E-state index contributed by atoms with van der Waals surface area (Å²) in [4.78, 5) is 71.3. The van der Waals surface area contributed by atoms with Crippen LogP contribution in [0.15, 0.2) is 31.6 Å². The minimum absolute atomic E-state index is 0.00222. The third kappa shape index (κ3) is 7.18. The number of phosphoric ester groups is 1. The lowest BCUT2D eigenvalue weighted by Crippen LogP contribution is -2.40. The van der Waals surface area contributed by atoms with E-state index in [0.29, 0.717) is 0 Å². The van der Waals surface area contributed by atoms with Gasteiger partial charge in [-0.2, -0.15) is 5.26 Å². The van der Waals surface area contributed by atoms with E-state index in [1.54, 1.807) is 0 Å². The molecule has 7 atom stereocenters. The van der Waals surface area contributed by atoms with Crippen molar-refractivity contribution in [2.75, 3.05) is 6.61 Å². The fourth-order valence-electron chi connectivity index (χ4n) is 4.86. The Labute approximate surface area is 231 Å². The maximum Gasteiger partial charge on any atom is 0.469 e. The van der Waals surface area contributed by atoms with Crippen LogP contribution in [0.3, 0.4) is 0 Å². The van der Waals surface area contributed by atoms with Gasteiger partial charge in [0, 0.05) is 42.8 Å². The second kappa shape index (κ2) is 12.3. The van der Waals surface area contributed by atoms with Crippen molar-refractivity contribution in [3.8, 4) is 6.07 Å². The van der Waals surface area contributed by atoms with Crippen molar-refractivity contribution in [1.29, 1.82) is 5.26 Å². The Hall–Kier alpha value is -3.20. The third-order valence-corrected chi connectivity index (χ3v) is 7.43. The highest BCUT2D eigenvalue weighted by Crippen LogP contribution is 2.43. The minimum atomic E-state index is -5.00. The summed E-state index contributed by atoms with van der Waals surface area (Å²) < 4.78 is 36.5. The molecule has 18 heteroatoms. The highest BCUT2D eigenvalue weighted by Gasteiger charge is 2.44. The number of nitrogens with zero attached hydrogens (tertiary/aromatic N) is 3. The van der Waals surface area contributed by atoms with Crippen molar-refractivity contribution in [2.45, 2.75) is 82.5 Å². The van der Waals surface area contributed by atoms with Crippen LogP contribution in [0.4, 0.5) is 0 Å². The molecule has 5 N–H and O–H groups in total. The number of aryl methyl sites for hydroxylation is 2. The lowest BCUT2D eigenvalue weighted by atomic mass is 10.0. The number of H-pyrrole nitrogens is 2. The summed E-state index contributed by atoms with van der Waals surface area (Å²) in [5.41, 5.74) is -2.23. The van der Waals surface area contributed by atoms with Crippen LogP contribution in [-0.4, -0.2) is 71.1 Å². The van der Waals surface area contributed by atoms with Crippen LogP contribution in [0.25, 0.3) is 0 Å². The summed E-state index contributed by atoms with van der Waals surface area (Å²) in [6, 6.07) is 1.98. The van der Waals surface area contributed by atoms with Gasteiger partial charge in [0.2, 0.25) is 0 Å². The highest BCUT2D eigenvalue weighted by atomic mass is 31.2. The van der Waals surface area contributed by atoms with E-state index in [9.17, 15) is 38.6 Å². The minimum Gasteiger partial charge on any atom is -0.390 e. The number of phosphoric acid groups is 1. The van der Waals surface area contributed by atoms with Gasteiger partial charge in [-0.05, 0) is 20.3 Å². The molecule has 2 aliphatic rings. The van der Waals surface area contributed by atoms with E-state index in [1.165, 1.54) is 26.2 Å². The molecular weight excluding hydrogens is 569 g/mol. The van der Waals surface area contributed by atoms with Crippen LogP contribution in [0.2, 0.25) is 0 Å². The van der Waals surface area contributed by atoms with Crippen molar-refractivity contribution in [3.63, 3.8) is 0 Å². The van der Waals surface area contributed by atoms with Gasteiger partial charge in [-0.15, -0.1) is 0 Å². The quantitative estimate of drug-likeness (QED) is 0.202. The van der Waals surface area contributed by atoms with Crippen LogP contribution in [0, 0.1) is 25.2 Å². The molecule has 0 aromatic carbocycles. The Balaban J connectivity index is 1.53. The van der Waals surface area contributed by atoms with Gasteiger partial charge >= 0.3 is 19.2 Å². The standard InChI is InChI=1S/C23H30N5O12P/c1-11-8-27(22(32)25-20(11)30)17-6-13(29)19(39-17)14(4-3-5-24)37-10-16-15(40-41(34,35)36)7-18(38-16)28-9-12(2)21(31)26-23(28)33/h8-9,13-19,29H,3-4,6-7,10H2,1-2H3,(H,25,30,32)(H,26,31,33)(H2,34,35,36)/t13-,14?,15-,16+,17+,18+,19-/m0/s1. The molecule has 2 fully saturated rings. The fourth-order valence-corrected chi connectivity index (χ4v) is 5.43. The van der Waals surface area contributed by atoms with E-state index >= 15 is 0 Å². The molecule has 2 aliphatic heterocycles. The molecule has 0 bridgehead atoms. The number of hydrogen-bond acceptors (Lipinski definition) is 11. The molecule has 1 unspecified atom stereocenters. The lowest BCUT2D eigenvalue weighted by molar-refractivity contribution is -0.136. The summed E-state index contributed by atoms with van der Waals surface area (Å²) >= 11 is 0. The summed E-state index contributed by atoms with van der Waals surface area (Å²) in [5, 5.41) is 19.9. The Morgan fingerprint density at radius 1 is 1.05 bits per heavy atom. The first kappa shape index (κ1) is 30.8. The summed E-state index contributed by atoms with van der Waals surface area (Å²) in [6.45, 7) is 2.63. The number of ether oxygens (including phenoxy) is 3. The first-order valence-corrected chi connectivity index (χ1v) is 14.2. The summed E-state index contributed by atoms with van der Waals surface area (Å²) in [5.74, 6) is 0. The Morgan fingerprint density at radius 2 is 1.61 bits per heavy atom. The van der Waals surface area contributed by atoms with Crippen molar-refractivity contribution < 1.29 is 38.2 Å². The van der Waals surface area contributed by atoms with E-state index in [0.717, 1.165) is 9.13 Å². The van der Waals surface area contributed by atoms with Crippen molar-refractivity contribution in [1.82, 2.24) is 19.1 Å². The van der Waals surface area contributed by atoms with Crippen molar-refractivity contribution in [3.05, 3.63) is 65.2 Å². The number of rotatable bonds is 10. The largest absolute Gasteiger partial charge is 0.469 e. The molecule has 0 saturated carbocycles. The monoisotopic (exact) mass is 599 g/mol. The topological polar surface area (TPSA) is 248 Å².